The summed E-state index contributed by atoms with van der Waals surface area (Å²) in [6, 6.07) is 17.5. The zero-order valence-electron chi connectivity index (χ0n) is 10.7. The van der Waals surface area contributed by atoms with Gasteiger partial charge in [-0.15, -0.1) is 11.3 Å². The summed E-state index contributed by atoms with van der Waals surface area (Å²) in [4.78, 5) is 1.49. The second-order valence-corrected chi connectivity index (χ2v) is 5.95. The molecule has 1 aromatic heterocycles. The van der Waals surface area contributed by atoms with Crippen LogP contribution in [0.5, 0.6) is 0 Å². The average molecular weight is 252 g/mol. The van der Waals surface area contributed by atoms with Gasteiger partial charge in [-0.2, -0.15) is 0 Å². The molecule has 0 amide bonds. The monoisotopic (exact) mass is 252 g/mol. The van der Waals surface area contributed by atoms with Crippen LogP contribution in [0.3, 0.4) is 0 Å². The SMILES string of the molecule is Cc1ccc2c(C)c(Cc3ccccc3)sc2c1. The molecule has 3 rings (SSSR count). The summed E-state index contributed by atoms with van der Waals surface area (Å²) in [6.07, 6.45) is 1.05. The predicted molar refractivity (Wildman–Crippen MR) is 80.5 cm³/mol. The van der Waals surface area contributed by atoms with Crippen LogP contribution in [0.2, 0.25) is 0 Å². The quantitative estimate of drug-likeness (QED) is 0.594. The normalized spacial score (nSPS) is 11.0. The maximum atomic E-state index is 2.29. The molecule has 0 fully saturated rings. The van der Waals surface area contributed by atoms with Gasteiger partial charge in [-0.05, 0) is 42.0 Å². The Hall–Kier alpha value is -1.60. The van der Waals surface area contributed by atoms with Crippen molar-refractivity contribution >= 4 is 21.4 Å². The highest BCUT2D eigenvalue weighted by molar-refractivity contribution is 7.19. The number of rotatable bonds is 2. The minimum absolute atomic E-state index is 1.05. The van der Waals surface area contributed by atoms with Crippen LogP contribution < -0.4 is 0 Å². The van der Waals surface area contributed by atoms with E-state index < -0.39 is 0 Å². The molecule has 0 aliphatic carbocycles. The highest BCUT2D eigenvalue weighted by Crippen LogP contribution is 2.32. The van der Waals surface area contributed by atoms with E-state index in [2.05, 4.69) is 62.4 Å². The van der Waals surface area contributed by atoms with Crippen molar-refractivity contribution in [3.05, 3.63) is 70.1 Å². The molecule has 90 valence electrons. The Morgan fingerprint density at radius 2 is 1.72 bits per heavy atom. The lowest BCUT2D eigenvalue weighted by molar-refractivity contribution is 1.22. The van der Waals surface area contributed by atoms with E-state index in [1.54, 1.807) is 0 Å². The van der Waals surface area contributed by atoms with Gasteiger partial charge in [0.05, 0.1) is 0 Å². The molecule has 0 aliphatic heterocycles. The summed E-state index contributed by atoms with van der Waals surface area (Å²) in [5, 5.41) is 1.41. The van der Waals surface area contributed by atoms with Crippen LogP contribution in [0, 0.1) is 13.8 Å². The highest BCUT2D eigenvalue weighted by Gasteiger charge is 2.08. The predicted octanol–water partition coefficient (Wildman–Crippen LogP) is 5.11. The van der Waals surface area contributed by atoms with Crippen LogP contribution in [-0.2, 0) is 6.42 Å². The topological polar surface area (TPSA) is 0 Å². The standard InChI is InChI=1S/C17H16S/c1-12-8-9-15-13(2)16(18-17(15)10-12)11-14-6-4-3-5-7-14/h3-10H,11H2,1-2H3. The maximum Gasteiger partial charge on any atom is 0.0351 e. The van der Waals surface area contributed by atoms with E-state index in [1.165, 1.54) is 31.7 Å². The Morgan fingerprint density at radius 3 is 2.50 bits per heavy atom. The van der Waals surface area contributed by atoms with Crippen molar-refractivity contribution in [1.82, 2.24) is 0 Å². The van der Waals surface area contributed by atoms with E-state index in [4.69, 9.17) is 0 Å². The smallest absolute Gasteiger partial charge is 0.0351 e. The van der Waals surface area contributed by atoms with Gasteiger partial charge in [0.1, 0.15) is 0 Å². The van der Waals surface area contributed by atoms with Crippen molar-refractivity contribution in [3.63, 3.8) is 0 Å². The Balaban J connectivity index is 2.05. The third kappa shape index (κ3) is 2.06. The van der Waals surface area contributed by atoms with Gasteiger partial charge < -0.3 is 0 Å². The van der Waals surface area contributed by atoms with E-state index in [9.17, 15) is 0 Å². The number of thiophene rings is 1. The van der Waals surface area contributed by atoms with Gasteiger partial charge in [0.15, 0.2) is 0 Å². The molecular weight excluding hydrogens is 236 g/mol. The summed E-state index contributed by atoms with van der Waals surface area (Å²) >= 11 is 1.93. The first-order valence-corrected chi connectivity index (χ1v) is 7.08. The van der Waals surface area contributed by atoms with Gasteiger partial charge in [0, 0.05) is 16.0 Å². The number of hydrogen-bond donors (Lipinski definition) is 0. The molecule has 0 N–H and O–H groups in total. The number of aryl methyl sites for hydroxylation is 2. The highest BCUT2D eigenvalue weighted by atomic mass is 32.1. The van der Waals surface area contributed by atoms with Crippen molar-refractivity contribution in [2.45, 2.75) is 20.3 Å². The van der Waals surface area contributed by atoms with Crippen molar-refractivity contribution in [2.24, 2.45) is 0 Å². The van der Waals surface area contributed by atoms with Crippen molar-refractivity contribution in [3.8, 4) is 0 Å². The lowest BCUT2D eigenvalue weighted by atomic mass is 10.1. The third-order valence-corrected chi connectivity index (χ3v) is 4.65. The summed E-state index contributed by atoms with van der Waals surface area (Å²) in [5.41, 5.74) is 4.18. The zero-order valence-corrected chi connectivity index (χ0v) is 11.6. The number of hydrogen-bond acceptors (Lipinski definition) is 1. The minimum atomic E-state index is 1.05. The molecule has 0 bridgehead atoms. The average Bonchev–Trinajstić information content (AvgIpc) is 2.67. The van der Waals surface area contributed by atoms with Crippen molar-refractivity contribution < 1.29 is 0 Å². The molecule has 0 nitrogen and oxygen atoms in total. The van der Waals surface area contributed by atoms with Gasteiger partial charge in [-0.25, -0.2) is 0 Å². The van der Waals surface area contributed by atoms with E-state index >= 15 is 0 Å². The van der Waals surface area contributed by atoms with Crippen LogP contribution in [-0.4, -0.2) is 0 Å². The number of benzene rings is 2. The van der Waals surface area contributed by atoms with Crippen LogP contribution in [0.25, 0.3) is 10.1 Å². The summed E-state index contributed by atoms with van der Waals surface area (Å²) < 4.78 is 1.42. The van der Waals surface area contributed by atoms with Crippen LogP contribution in [0.15, 0.2) is 48.5 Å². The summed E-state index contributed by atoms with van der Waals surface area (Å²) in [6.45, 7) is 4.40. The Labute approximate surface area is 112 Å². The third-order valence-electron chi connectivity index (χ3n) is 3.40. The van der Waals surface area contributed by atoms with Crippen molar-refractivity contribution in [1.29, 1.82) is 0 Å². The second-order valence-electron chi connectivity index (χ2n) is 4.81. The van der Waals surface area contributed by atoms with Gasteiger partial charge in [-0.1, -0.05) is 42.5 Å². The Bertz CT molecular complexity index is 677. The largest absolute Gasteiger partial charge is 0.140 e. The molecule has 0 atom stereocenters. The zero-order chi connectivity index (χ0) is 12.5. The molecule has 0 aliphatic rings. The molecule has 3 aromatic rings. The summed E-state index contributed by atoms with van der Waals surface area (Å²) in [5.74, 6) is 0. The van der Waals surface area contributed by atoms with E-state index in [0.29, 0.717) is 0 Å². The second kappa shape index (κ2) is 4.58. The van der Waals surface area contributed by atoms with E-state index in [1.807, 2.05) is 11.3 Å². The first-order chi connectivity index (χ1) is 8.74. The van der Waals surface area contributed by atoms with Crippen LogP contribution in [0.4, 0.5) is 0 Å². The molecule has 0 unspecified atom stereocenters. The maximum absolute atomic E-state index is 2.29. The molecule has 18 heavy (non-hydrogen) atoms. The first kappa shape index (κ1) is 11.5. The summed E-state index contributed by atoms with van der Waals surface area (Å²) in [7, 11) is 0. The molecule has 1 heterocycles. The van der Waals surface area contributed by atoms with Gasteiger partial charge in [-0.3, -0.25) is 0 Å². The van der Waals surface area contributed by atoms with Gasteiger partial charge in [0.25, 0.3) is 0 Å². The fourth-order valence-electron chi connectivity index (χ4n) is 2.33. The fourth-order valence-corrected chi connectivity index (χ4v) is 3.68. The Kier molecular flexibility index (Phi) is 2.92. The molecule has 0 spiro atoms. The lowest BCUT2D eigenvalue weighted by Gasteiger charge is -1.99. The van der Waals surface area contributed by atoms with E-state index in [-0.39, 0.29) is 0 Å². The van der Waals surface area contributed by atoms with Crippen molar-refractivity contribution in [2.75, 3.05) is 0 Å². The van der Waals surface area contributed by atoms with E-state index in [0.717, 1.165) is 6.42 Å². The van der Waals surface area contributed by atoms with Crippen LogP contribution >= 0.6 is 11.3 Å². The lowest BCUT2D eigenvalue weighted by Crippen LogP contribution is -1.85. The number of fused-ring (bicyclic) bond motifs is 1. The first-order valence-electron chi connectivity index (χ1n) is 6.26. The minimum Gasteiger partial charge on any atom is -0.140 e. The molecule has 0 saturated heterocycles. The van der Waals surface area contributed by atoms with Gasteiger partial charge in [0.2, 0.25) is 0 Å². The molecule has 0 saturated carbocycles. The van der Waals surface area contributed by atoms with Gasteiger partial charge >= 0.3 is 0 Å². The van der Waals surface area contributed by atoms with Crippen LogP contribution in [0.1, 0.15) is 21.6 Å². The molecular formula is C17H16S. The molecule has 0 radical (unpaired) electrons. The Morgan fingerprint density at radius 1 is 0.944 bits per heavy atom. The fraction of sp³-hybridized carbons (Fsp3) is 0.176. The molecule has 1 heteroatoms. The molecule has 2 aromatic carbocycles.